The van der Waals surface area contributed by atoms with Crippen molar-refractivity contribution in [1.29, 1.82) is 0 Å². The summed E-state index contributed by atoms with van der Waals surface area (Å²) in [6.45, 7) is 6.47. The highest BCUT2D eigenvalue weighted by Gasteiger charge is 2.31. The number of hydrogen-bond acceptors (Lipinski definition) is 4. The number of nitrogens with zero attached hydrogens (tertiary/aromatic N) is 4. The Bertz CT molecular complexity index is 1200. The fourth-order valence-corrected chi connectivity index (χ4v) is 4.82. The fourth-order valence-electron chi connectivity index (χ4n) is 4.82. The molecule has 4 heterocycles. The normalized spacial score (nSPS) is 21.6. The zero-order valence-corrected chi connectivity index (χ0v) is 18.2. The van der Waals surface area contributed by atoms with Gasteiger partial charge in [0, 0.05) is 53.6 Å². The first kappa shape index (κ1) is 19.9. The van der Waals surface area contributed by atoms with Gasteiger partial charge in [-0.25, -0.2) is 4.39 Å². The number of pyridine rings is 2. The van der Waals surface area contributed by atoms with Crippen LogP contribution in [-0.4, -0.2) is 25.4 Å². The standard InChI is InChI=1S/C25H27FN4O/c1-16-23(17(2)31-29-16)20-11-22-24(28-13-20)21(19-5-4-10-27-12-19)15-30(22)14-18-6-8-25(3,26)9-7-18/h4-5,10-13,15,18H,6-9,14H2,1-3H3. The van der Waals surface area contributed by atoms with Gasteiger partial charge in [-0.3, -0.25) is 9.97 Å². The van der Waals surface area contributed by atoms with Crippen molar-refractivity contribution in [3.8, 4) is 22.3 Å². The quantitative estimate of drug-likeness (QED) is 0.391. The van der Waals surface area contributed by atoms with Gasteiger partial charge in [0.1, 0.15) is 11.4 Å². The molecule has 0 bridgehead atoms. The summed E-state index contributed by atoms with van der Waals surface area (Å²) in [5, 5.41) is 4.10. The second kappa shape index (κ2) is 7.59. The summed E-state index contributed by atoms with van der Waals surface area (Å²) in [4.78, 5) is 9.15. The van der Waals surface area contributed by atoms with Crippen LogP contribution >= 0.6 is 0 Å². The Morgan fingerprint density at radius 1 is 1.19 bits per heavy atom. The van der Waals surface area contributed by atoms with Crippen molar-refractivity contribution in [2.45, 2.75) is 58.7 Å². The molecule has 0 unspecified atom stereocenters. The minimum absolute atomic E-state index is 0.462. The lowest BCUT2D eigenvalue weighted by Crippen LogP contribution is -2.27. The van der Waals surface area contributed by atoms with Gasteiger partial charge >= 0.3 is 0 Å². The van der Waals surface area contributed by atoms with Crippen LogP contribution in [0, 0.1) is 19.8 Å². The van der Waals surface area contributed by atoms with Gasteiger partial charge in [-0.05, 0) is 64.5 Å². The van der Waals surface area contributed by atoms with E-state index in [-0.39, 0.29) is 0 Å². The molecule has 0 spiro atoms. The van der Waals surface area contributed by atoms with Gasteiger partial charge in [-0.1, -0.05) is 11.2 Å². The van der Waals surface area contributed by atoms with Crippen molar-refractivity contribution >= 4 is 11.0 Å². The molecule has 6 heteroatoms. The van der Waals surface area contributed by atoms with Crippen LogP contribution in [-0.2, 0) is 6.54 Å². The van der Waals surface area contributed by atoms with E-state index in [1.807, 2.05) is 32.3 Å². The first-order valence-electron chi connectivity index (χ1n) is 10.9. The summed E-state index contributed by atoms with van der Waals surface area (Å²) in [5.41, 5.74) is 5.98. The molecule has 160 valence electrons. The van der Waals surface area contributed by atoms with Crippen LogP contribution in [0.15, 0.2) is 47.5 Å². The highest BCUT2D eigenvalue weighted by molar-refractivity contribution is 5.94. The molecule has 1 aliphatic rings. The lowest BCUT2D eigenvalue weighted by molar-refractivity contribution is 0.0985. The van der Waals surface area contributed by atoms with E-state index in [4.69, 9.17) is 9.51 Å². The number of rotatable bonds is 4. The summed E-state index contributed by atoms with van der Waals surface area (Å²) in [7, 11) is 0. The highest BCUT2D eigenvalue weighted by Crippen LogP contribution is 2.38. The van der Waals surface area contributed by atoms with Crippen LogP contribution in [0.1, 0.15) is 44.1 Å². The minimum Gasteiger partial charge on any atom is -0.361 e. The van der Waals surface area contributed by atoms with Gasteiger partial charge in [-0.15, -0.1) is 0 Å². The third kappa shape index (κ3) is 3.75. The van der Waals surface area contributed by atoms with Crippen molar-refractivity contribution in [1.82, 2.24) is 19.7 Å². The molecular formula is C25H27FN4O. The molecule has 0 aromatic carbocycles. The van der Waals surface area contributed by atoms with Crippen LogP contribution in [0.5, 0.6) is 0 Å². The molecule has 0 atom stereocenters. The number of fused-ring (bicyclic) bond motifs is 1. The average molecular weight is 419 g/mol. The van der Waals surface area contributed by atoms with E-state index in [9.17, 15) is 4.39 Å². The third-order valence-corrected chi connectivity index (χ3v) is 6.61. The van der Waals surface area contributed by atoms with Gasteiger partial charge in [0.15, 0.2) is 0 Å². The first-order chi connectivity index (χ1) is 14.9. The molecule has 0 amide bonds. The Morgan fingerprint density at radius 2 is 2.00 bits per heavy atom. The summed E-state index contributed by atoms with van der Waals surface area (Å²) < 4.78 is 22.0. The van der Waals surface area contributed by atoms with Gasteiger partial charge in [0.05, 0.1) is 16.7 Å². The topological polar surface area (TPSA) is 56.7 Å². The lowest BCUT2D eigenvalue weighted by atomic mass is 9.81. The first-order valence-corrected chi connectivity index (χ1v) is 10.9. The van der Waals surface area contributed by atoms with Crippen LogP contribution in [0.3, 0.4) is 0 Å². The van der Waals surface area contributed by atoms with E-state index < -0.39 is 5.67 Å². The molecule has 4 aromatic rings. The van der Waals surface area contributed by atoms with E-state index in [0.29, 0.717) is 18.8 Å². The lowest BCUT2D eigenvalue weighted by Gasteiger charge is -2.31. The predicted molar refractivity (Wildman–Crippen MR) is 119 cm³/mol. The average Bonchev–Trinajstić information content (AvgIpc) is 3.29. The number of aromatic nitrogens is 4. The molecule has 0 radical (unpaired) electrons. The molecule has 0 aliphatic heterocycles. The Morgan fingerprint density at radius 3 is 2.68 bits per heavy atom. The predicted octanol–water partition coefficient (Wildman–Crippen LogP) is 6.29. The van der Waals surface area contributed by atoms with Crippen LogP contribution in [0.2, 0.25) is 0 Å². The van der Waals surface area contributed by atoms with Crippen LogP contribution in [0.25, 0.3) is 33.3 Å². The van der Waals surface area contributed by atoms with Crippen LogP contribution < -0.4 is 0 Å². The number of halogens is 1. The van der Waals surface area contributed by atoms with Crippen LogP contribution in [0.4, 0.5) is 4.39 Å². The molecule has 31 heavy (non-hydrogen) atoms. The summed E-state index contributed by atoms with van der Waals surface area (Å²) in [6.07, 6.45) is 10.8. The fraction of sp³-hybridized carbons (Fsp3) is 0.400. The van der Waals surface area contributed by atoms with Gasteiger partial charge < -0.3 is 9.09 Å². The number of aryl methyl sites for hydroxylation is 2. The largest absolute Gasteiger partial charge is 0.361 e. The summed E-state index contributed by atoms with van der Waals surface area (Å²) in [5.74, 6) is 1.25. The maximum Gasteiger partial charge on any atom is 0.141 e. The molecule has 1 saturated carbocycles. The van der Waals surface area contributed by atoms with Crippen molar-refractivity contribution < 1.29 is 8.91 Å². The van der Waals surface area contributed by atoms with Crippen molar-refractivity contribution in [3.63, 3.8) is 0 Å². The van der Waals surface area contributed by atoms with Gasteiger partial charge in [0.2, 0.25) is 0 Å². The van der Waals surface area contributed by atoms with Gasteiger partial charge in [0.25, 0.3) is 0 Å². The highest BCUT2D eigenvalue weighted by atomic mass is 19.1. The third-order valence-electron chi connectivity index (χ3n) is 6.61. The molecule has 5 nitrogen and oxygen atoms in total. The Hall–Kier alpha value is -3.02. The Labute approximate surface area is 181 Å². The zero-order chi connectivity index (χ0) is 21.6. The van der Waals surface area contributed by atoms with Crippen molar-refractivity contribution in [3.05, 3.63) is 54.4 Å². The second-order valence-corrected chi connectivity index (χ2v) is 9.08. The minimum atomic E-state index is -1.02. The number of alkyl halides is 1. The van der Waals surface area contributed by atoms with Crippen molar-refractivity contribution in [2.24, 2.45) is 5.92 Å². The summed E-state index contributed by atoms with van der Waals surface area (Å²) >= 11 is 0. The molecule has 1 aliphatic carbocycles. The second-order valence-electron chi connectivity index (χ2n) is 9.08. The van der Waals surface area contributed by atoms with E-state index in [1.54, 1.807) is 13.1 Å². The molecular weight excluding hydrogens is 391 g/mol. The van der Waals surface area contributed by atoms with E-state index in [1.165, 1.54) is 0 Å². The summed E-state index contributed by atoms with van der Waals surface area (Å²) in [6, 6.07) is 6.18. The SMILES string of the molecule is Cc1noc(C)c1-c1cnc2c(-c3cccnc3)cn(CC3CCC(C)(F)CC3)c2c1. The van der Waals surface area contributed by atoms with E-state index in [0.717, 1.165) is 64.1 Å². The molecule has 1 fully saturated rings. The molecule has 5 rings (SSSR count). The zero-order valence-electron chi connectivity index (χ0n) is 18.2. The van der Waals surface area contributed by atoms with Gasteiger partial charge in [-0.2, -0.15) is 0 Å². The van der Waals surface area contributed by atoms with E-state index >= 15 is 0 Å². The number of hydrogen-bond donors (Lipinski definition) is 0. The molecule has 0 saturated heterocycles. The smallest absolute Gasteiger partial charge is 0.141 e. The van der Waals surface area contributed by atoms with Crippen molar-refractivity contribution in [2.75, 3.05) is 0 Å². The maximum atomic E-state index is 14.3. The molecule has 4 aromatic heterocycles. The van der Waals surface area contributed by atoms with E-state index in [2.05, 4.69) is 33.0 Å². The molecule has 0 N–H and O–H groups in total. The Balaban J connectivity index is 1.60. The monoisotopic (exact) mass is 418 g/mol. The Kier molecular flexibility index (Phi) is 4.88. The maximum absolute atomic E-state index is 14.3.